The molecule has 1 amide bonds. The first-order valence-electron chi connectivity index (χ1n) is 9.23. The van der Waals surface area contributed by atoms with Crippen LogP contribution in [0.5, 0.6) is 5.75 Å². The summed E-state index contributed by atoms with van der Waals surface area (Å²) in [5.74, 6) is 0.411. The van der Waals surface area contributed by atoms with Crippen LogP contribution in [0.15, 0.2) is 36.8 Å². The monoisotopic (exact) mass is 393 g/mol. The Labute approximate surface area is 167 Å². The number of carbonyl (C=O) groups excluding carboxylic acids is 1. The molecule has 0 spiro atoms. The smallest absolute Gasteiger partial charge is 0.271 e. The van der Waals surface area contributed by atoms with Crippen LogP contribution in [0, 0.1) is 0 Å². The molecular formula is C21H23N5O3. The molecule has 8 nitrogen and oxygen atoms in total. The van der Waals surface area contributed by atoms with Gasteiger partial charge in [0.25, 0.3) is 5.91 Å². The zero-order valence-electron chi connectivity index (χ0n) is 16.8. The number of aliphatic hydroxyl groups excluding tert-OH is 1. The number of aromatic nitrogens is 4. The summed E-state index contributed by atoms with van der Waals surface area (Å²) >= 11 is 0. The summed E-state index contributed by atoms with van der Waals surface area (Å²) in [6, 6.07) is 7.80. The summed E-state index contributed by atoms with van der Waals surface area (Å²) in [7, 11) is 3.62. The van der Waals surface area contributed by atoms with Crippen LogP contribution in [0.2, 0.25) is 0 Å². The third-order valence-corrected chi connectivity index (χ3v) is 4.97. The van der Waals surface area contributed by atoms with Gasteiger partial charge in [-0.1, -0.05) is 0 Å². The number of fused-ring (bicyclic) bond motifs is 2. The van der Waals surface area contributed by atoms with Gasteiger partial charge < -0.3 is 24.7 Å². The van der Waals surface area contributed by atoms with Crippen LogP contribution in [-0.2, 0) is 7.05 Å². The fraction of sp³-hybridized carbons (Fsp3) is 0.286. The van der Waals surface area contributed by atoms with Gasteiger partial charge in [-0.25, -0.2) is 9.97 Å². The number of benzene rings is 1. The summed E-state index contributed by atoms with van der Waals surface area (Å²) < 4.78 is 7.41. The topological polar surface area (TPSA) is 105 Å². The second-order valence-corrected chi connectivity index (χ2v) is 7.70. The first kappa shape index (κ1) is 18.9. The number of aliphatic hydroxyl groups is 1. The molecule has 0 fully saturated rings. The Morgan fingerprint density at radius 2 is 2.07 bits per heavy atom. The average Bonchev–Trinajstić information content (AvgIpc) is 3.28. The first-order valence-corrected chi connectivity index (χ1v) is 9.23. The van der Waals surface area contributed by atoms with E-state index in [1.807, 2.05) is 42.1 Å². The van der Waals surface area contributed by atoms with Gasteiger partial charge in [0, 0.05) is 35.4 Å². The molecular weight excluding hydrogens is 370 g/mol. The number of hydrogen-bond acceptors (Lipinski definition) is 5. The molecule has 3 N–H and O–H groups in total. The van der Waals surface area contributed by atoms with Gasteiger partial charge in [-0.05, 0) is 38.1 Å². The number of nitrogens with zero attached hydrogens (tertiary/aromatic N) is 3. The molecule has 4 aromatic rings. The standard InChI is InChI=1S/C21H23N5O3/c1-21(2,10-27)25-20(28)18-14-8-16(24-19(14)23-11-22-18)15-9-26(3)17-6-5-12(29-4)7-13(15)17/h5-9,11,27H,10H2,1-4H3,(H,25,28)(H,22,23,24). The van der Waals surface area contributed by atoms with Crippen molar-refractivity contribution < 1.29 is 14.6 Å². The minimum Gasteiger partial charge on any atom is -0.497 e. The maximum Gasteiger partial charge on any atom is 0.271 e. The first-order chi connectivity index (χ1) is 13.8. The number of hydrogen-bond donors (Lipinski definition) is 3. The zero-order chi connectivity index (χ0) is 20.8. The molecule has 0 aliphatic carbocycles. The molecule has 4 rings (SSSR count). The molecule has 0 aliphatic heterocycles. The number of carbonyl (C=O) groups is 1. The van der Waals surface area contributed by atoms with Crippen LogP contribution in [-0.4, -0.2) is 49.8 Å². The highest BCUT2D eigenvalue weighted by Crippen LogP contribution is 2.34. The maximum atomic E-state index is 12.7. The van der Waals surface area contributed by atoms with Crippen LogP contribution < -0.4 is 10.1 Å². The second-order valence-electron chi connectivity index (χ2n) is 7.70. The van der Waals surface area contributed by atoms with Crippen LogP contribution in [0.1, 0.15) is 24.3 Å². The lowest BCUT2D eigenvalue weighted by Gasteiger charge is -2.23. The van der Waals surface area contributed by atoms with Crippen LogP contribution in [0.3, 0.4) is 0 Å². The Hall–Kier alpha value is -3.39. The lowest BCUT2D eigenvalue weighted by Crippen LogP contribution is -2.46. The van der Waals surface area contributed by atoms with Crippen molar-refractivity contribution in [3.8, 4) is 17.0 Å². The Kier molecular flexibility index (Phi) is 4.50. The van der Waals surface area contributed by atoms with E-state index in [1.165, 1.54) is 6.33 Å². The Morgan fingerprint density at radius 3 is 2.79 bits per heavy atom. The van der Waals surface area contributed by atoms with Crippen LogP contribution in [0.4, 0.5) is 0 Å². The Balaban J connectivity index is 1.83. The fourth-order valence-electron chi connectivity index (χ4n) is 3.38. The van der Waals surface area contributed by atoms with Gasteiger partial charge in [0.1, 0.15) is 23.4 Å². The van der Waals surface area contributed by atoms with E-state index in [0.29, 0.717) is 11.0 Å². The van der Waals surface area contributed by atoms with E-state index in [4.69, 9.17) is 4.74 Å². The third-order valence-electron chi connectivity index (χ3n) is 4.97. The van der Waals surface area contributed by atoms with E-state index in [0.717, 1.165) is 27.9 Å². The number of H-pyrrole nitrogens is 1. The van der Waals surface area contributed by atoms with Crippen molar-refractivity contribution in [2.75, 3.05) is 13.7 Å². The highest BCUT2D eigenvalue weighted by Gasteiger charge is 2.23. The van der Waals surface area contributed by atoms with Gasteiger partial charge in [0.05, 0.1) is 24.6 Å². The van der Waals surface area contributed by atoms with E-state index in [9.17, 15) is 9.90 Å². The van der Waals surface area contributed by atoms with Gasteiger partial charge in [-0.3, -0.25) is 4.79 Å². The van der Waals surface area contributed by atoms with E-state index in [2.05, 4.69) is 20.3 Å². The summed E-state index contributed by atoms with van der Waals surface area (Å²) in [6.07, 6.45) is 3.38. The molecule has 8 heteroatoms. The highest BCUT2D eigenvalue weighted by atomic mass is 16.5. The number of rotatable bonds is 5. The largest absolute Gasteiger partial charge is 0.497 e. The van der Waals surface area contributed by atoms with Gasteiger partial charge in [-0.15, -0.1) is 0 Å². The van der Waals surface area contributed by atoms with Crippen LogP contribution in [0.25, 0.3) is 33.2 Å². The predicted octanol–water partition coefficient (Wildman–Crippen LogP) is 2.63. The highest BCUT2D eigenvalue weighted by molar-refractivity contribution is 6.06. The molecule has 0 atom stereocenters. The number of methoxy groups -OCH3 is 1. The lowest BCUT2D eigenvalue weighted by atomic mass is 10.1. The normalized spacial score (nSPS) is 11.9. The summed E-state index contributed by atoms with van der Waals surface area (Å²) in [5.41, 5.74) is 2.95. The third kappa shape index (κ3) is 3.31. The van der Waals surface area contributed by atoms with Crippen LogP contribution >= 0.6 is 0 Å². The fourth-order valence-corrected chi connectivity index (χ4v) is 3.38. The number of ether oxygens (including phenoxy) is 1. The lowest BCUT2D eigenvalue weighted by molar-refractivity contribution is 0.0866. The second kappa shape index (κ2) is 6.89. The maximum absolute atomic E-state index is 12.7. The summed E-state index contributed by atoms with van der Waals surface area (Å²) in [6.45, 7) is 3.31. The van der Waals surface area contributed by atoms with E-state index in [1.54, 1.807) is 21.0 Å². The van der Waals surface area contributed by atoms with Gasteiger partial charge in [0.15, 0.2) is 0 Å². The number of aromatic amines is 1. The minimum absolute atomic E-state index is 0.177. The molecule has 150 valence electrons. The predicted molar refractivity (Wildman–Crippen MR) is 111 cm³/mol. The molecule has 3 aromatic heterocycles. The molecule has 0 radical (unpaired) electrons. The SMILES string of the molecule is COc1ccc2c(c1)c(-c1cc3c(C(=O)NC(C)(C)CO)ncnc3[nH]1)cn2C. The van der Waals surface area contributed by atoms with Crippen molar-refractivity contribution in [1.82, 2.24) is 24.8 Å². The van der Waals surface area contributed by atoms with E-state index < -0.39 is 5.54 Å². The van der Waals surface area contributed by atoms with Crippen molar-refractivity contribution in [3.63, 3.8) is 0 Å². The number of nitrogens with one attached hydrogen (secondary N) is 2. The molecule has 3 heterocycles. The van der Waals surface area contributed by atoms with Crippen molar-refractivity contribution in [3.05, 3.63) is 42.5 Å². The molecule has 0 bridgehead atoms. The molecule has 0 unspecified atom stereocenters. The van der Waals surface area contributed by atoms with Gasteiger partial charge >= 0.3 is 0 Å². The van der Waals surface area contributed by atoms with E-state index >= 15 is 0 Å². The number of aryl methyl sites for hydroxylation is 1. The van der Waals surface area contributed by atoms with Crippen molar-refractivity contribution in [1.29, 1.82) is 0 Å². The van der Waals surface area contributed by atoms with Gasteiger partial charge in [0.2, 0.25) is 0 Å². The Bertz CT molecular complexity index is 1220. The number of amides is 1. The molecule has 0 aliphatic rings. The minimum atomic E-state index is -0.750. The molecule has 29 heavy (non-hydrogen) atoms. The summed E-state index contributed by atoms with van der Waals surface area (Å²) in [4.78, 5) is 24.5. The zero-order valence-corrected chi connectivity index (χ0v) is 16.8. The van der Waals surface area contributed by atoms with E-state index in [-0.39, 0.29) is 18.2 Å². The summed E-state index contributed by atoms with van der Waals surface area (Å²) in [5, 5.41) is 13.9. The quantitative estimate of drug-likeness (QED) is 0.483. The van der Waals surface area contributed by atoms with Crippen molar-refractivity contribution >= 4 is 27.8 Å². The van der Waals surface area contributed by atoms with Crippen molar-refractivity contribution in [2.24, 2.45) is 7.05 Å². The van der Waals surface area contributed by atoms with Gasteiger partial charge in [-0.2, -0.15) is 0 Å². The molecule has 0 saturated heterocycles. The average molecular weight is 393 g/mol. The molecule has 0 saturated carbocycles. The molecule has 1 aromatic carbocycles. The van der Waals surface area contributed by atoms with Crippen molar-refractivity contribution in [2.45, 2.75) is 19.4 Å². The Morgan fingerprint density at radius 1 is 1.28 bits per heavy atom.